The number of amides is 1. The summed E-state index contributed by atoms with van der Waals surface area (Å²) in [7, 11) is 1.63. The van der Waals surface area contributed by atoms with Gasteiger partial charge in [0.25, 0.3) is 0 Å². The van der Waals surface area contributed by atoms with E-state index in [0.29, 0.717) is 24.9 Å². The molecule has 1 saturated heterocycles. The first-order chi connectivity index (χ1) is 15.6. The molecule has 0 radical (unpaired) electrons. The zero-order valence-electron chi connectivity index (χ0n) is 18.8. The lowest BCUT2D eigenvalue weighted by molar-refractivity contribution is -0.148. The number of piperidine rings is 1. The Morgan fingerprint density at radius 1 is 1.16 bits per heavy atom. The Kier molecular flexibility index (Phi) is 5.28. The summed E-state index contributed by atoms with van der Waals surface area (Å²) in [6.07, 6.45) is 4.60. The highest BCUT2D eigenvalue weighted by molar-refractivity contribution is 6.00. The fourth-order valence-corrected chi connectivity index (χ4v) is 5.92. The second-order valence-electron chi connectivity index (χ2n) is 9.03. The number of ketones is 1. The van der Waals surface area contributed by atoms with Crippen LogP contribution in [0, 0.1) is 5.92 Å². The fourth-order valence-electron chi connectivity index (χ4n) is 5.92. The minimum atomic E-state index is -0.616. The summed E-state index contributed by atoms with van der Waals surface area (Å²) >= 11 is 0. The number of rotatable bonds is 6. The van der Waals surface area contributed by atoms with Crippen LogP contribution in [-0.2, 0) is 16.8 Å². The van der Waals surface area contributed by atoms with Gasteiger partial charge in [-0.3, -0.25) is 9.59 Å². The van der Waals surface area contributed by atoms with Crippen LogP contribution >= 0.6 is 0 Å². The number of Topliss-reactive ketones (excluding diaryl/α,β-unsaturated/α-hetero) is 1. The third-order valence-corrected chi connectivity index (χ3v) is 7.44. The van der Waals surface area contributed by atoms with Crippen LogP contribution in [0.3, 0.4) is 0 Å². The predicted octanol–water partition coefficient (Wildman–Crippen LogP) is 5.24. The minimum Gasteiger partial charge on any atom is -0.497 e. The summed E-state index contributed by atoms with van der Waals surface area (Å²) in [6.45, 7) is 2.84. The van der Waals surface area contributed by atoms with Crippen molar-refractivity contribution in [2.75, 3.05) is 13.7 Å². The molecule has 1 N–H and O–H groups in total. The van der Waals surface area contributed by atoms with Crippen molar-refractivity contribution in [1.82, 2.24) is 9.88 Å². The van der Waals surface area contributed by atoms with Gasteiger partial charge in [-0.1, -0.05) is 38.0 Å². The Labute approximate surface area is 188 Å². The number of unbranched alkanes of at least 4 members (excludes halogenated alkanes) is 1. The van der Waals surface area contributed by atoms with Crippen LogP contribution in [-0.4, -0.2) is 35.2 Å². The Balaban J connectivity index is 1.69. The van der Waals surface area contributed by atoms with Gasteiger partial charge in [-0.15, -0.1) is 0 Å². The lowest BCUT2D eigenvalue weighted by atomic mass is 9.65. The summed E-state index contributed by atoms with van der Waals surface area (Å²) in [5.74, 6) is 0.752. The van der Waals surface area contributed by atoms with E-state index >= 15 is 0 Å². The maximum atomic E-state index is 14.0. The summed E-state index contributed by atoms with van der Waals surface area (Å²) in [4.78, 5) is 32.9. The first kappa shape index (κ1) is 20.8. The van der Waals surface area contributed by atoms with Gasteiger partial charge >= 0.3 is 0 Å². The number of ether oxygens (including phenoxy) is 1. The molecule has 32 heavy (non-hydrogen) atoms. The molecule has 1 fully saturated rings. The molecule has 0 aliphatic carbocycles. The largest absolute Gasteiger partial charge is 0.497 e. The van der Waals surface area contributed by atoms with Crippen molar-refractivity contribution in [3.8, 4) is 5.75 Å². The summed E-state index contributed by atoms with van der Waals surface area (Å²) in [5.41, 5.74) is 3.51. The Morgan fingerprint density at radius 3 is 2.69 bits per heavy atom. The van der Waals surface area contributed by atoms with Gasteiger partial charge in [-0.05, 0) is 55.2 Å². The Bertz CT molecular complexity index is 1160. The van der Waals surface area contributed by atoms with E-state index in [1.807, 2.05) is 35.2 Å². The highest BCUT2D eigenvalue weighted by Crippen LogP contribution is 2.51. The third-order valence-electron chi connectivity index (χ3n) is 7.44. The quantitative estimate of drug-likeness (QED) is 0.544. The molecule has 0 unspecified atom stereocenters. The monoisotopic (exact) mass is 430 g/mol. The summed E-state index contributed by atoms with van der Waals surface area (Å²) in [5, 5.41) is 1.21. The number of aromatic amines is 1. The van der Waals surface area contributed by atoms with Crippen LogP contribution in [0.4, 0.5) is 0 Å². The predicted molar refractivity (Wildman–Crippen MR) is 125 cm³/mol. The molecular weight excluding hydrogens is 400 g/mol. The number of nitrogens with zero attached hydrogens (tertiary/aromatic N) is 1. The molecule has 3 aromatic rings. The number of fused-ring (bicyclic) bond motifs is 5. The van der Waals surface area contributed by atoms with Gasteiger partial charge in [0.15, 0.2) is 5.78 Å². The number of para-hydroxylation sites is 1. The topological polar surface area (TPSA) is 62.4 Å². The highest BCUT2D eigenvalue weighted by Gasteiger charge is 2.56. The van der Waals surface area contributed by atoms with Gasteiger partial charge in [-0.25, -0.2) is 0 Å². The number of hydrogen-bond acceptors (Lipinski definition) is 3. The SMILES string of the molecule is CCCC[C@]12c3[nH]c4ccccc4c3CCN1C(=O)CC[C@@H]2C(=O)c1ccc(OC)cc1. The average Bonchev–Trinajstić information content (AvgIpc) is 3.22. The molecule has 166 valence electrons. The first-order valence-corrected chi connectivity index (χ1v) is 11.7. The van der Waals surface area contributed by atoms with E-state index in [4.69, 9.17) is 4.74 Å². The molecule has 5 rings (SSSR count). The van der Waals surface area contributed by atoms with E-state index in [-0.39, 0.29) is 17.6 Å². The zero-order chi connectivity index (χ0) is 22.3. The van der Waals surface area contributed by atoms with Crippen molar-refractivity contribution >= 4 is 22.6 Å². The zero-order valence-corrected chi connectivity index (χ0v) is 18.8. The molecule has 1 aromatic heterocycles. The van der Waals surface area contributed by atoms with Crippen molar-refractivity contribution < 1.29 is 14.3 Å². The molecule has 2 aromatic carbocycles. The summed E-state index contributed by atoms with van der Waals surface area (Å²) in [6, 6.07) is 15.7. The van der Waals surface area contributed by atoms with Gasteiger partial charge in [0, 0.05) is 35.1 Å². The van der Waals surface area contributed by atoms with E-state index in [9.17, 15) is 9.59 Å². The number of aromatic nitrogens is 1. The summed E-state index contributed by atoms with van der Waals surface area (Å²) < 4.78 is 5.28. The van der Waals surface area contributed by atoms with Crippen LogP contribution in [0.25, 0.3) is 10.9 Å². The van der Waals surface area contributed by atoms with Gasteiger partial charge in [0.2, 0.25) is 5.91 Å². The average molecular weight is 431 g/mol. The van der Waals surface area contributed by atoms with Crippen LogP contribution in [0.5, 0.6) is 5.75 Å². The number of H-pyrrole nitrogens is 1. The van der Waals surface area contributed by atoms with E-state index in [2.05, 4.69) is 30.1 Å². The number of carbonyl (C=O) groups is 2. The number of methoxy groups -OCH3 is 1. The fraction of sp³-hybridized carbons (Fsp3) is 0.407. The first-order valence-electron chi connectivity index (χ1n) is 11.7. The van der Waals surface area contributed by atoms with E-state index in [0.717, 1.165) is 42.6 Å². The molecule has 2 atom stereocenters. The van der Waals surface area contributed by atoms with Gasteiger partial charge in [-0.2, -0.15) is 0 Å². The lowest BCUT2D eigenvalue weighted by Gasteiger charge is -2.54. The van der Waals surface area contributed by atoms with Crippen molar-refractivity contribution in [3.05, 3.63) is 65.4 Å². The number of hydrogen-bond donors (Lipinski definition) is 1. The number of benzene rings is 2. The normalized spacial score (nSPS) is 22.5. The maximum absolute atomic E-state index is 14.0. The van der Waals surface area contributed by atoms with Gasteiger partial charge < -0.3 is 14.6 Å². The number of nitrogens with one attached hydrogen (secondary N) is 1. The Hall–Kier alpha value is -3.08. The van der Waals surface area contributed by atoms with E-state index in [1.165, 1.54) is 10.9 Å². The van der Waals surface area contributed by atoms with Crippen molar-refractivity contribution in [2.24, 2.45) is 5.92 Å². The van der Waals surface area contributed by atoms with Crippen LogP contribution in [0.2, 0.25) is 0 Å². The minimum absolute atomic E-state index is 0.118. The van der Waals surface area contributed by atoms with Crippen molar-refractivity contribution in [2.45, 2.75) is 51.0 Å². The number of carbonyl (C=O) groups excluding carboxylic acids is 2. The standard InChI is InChI=1S/C27H30N2O3/c1-3-4-16-27-22(25(31)18-9-11-19(32-2)12-10-18)13-14-24(30)29(27)17-15-21-20-7-5-6-8-23(20)28-26(21)27/h5-12,22,28H,3-4,13-17H2,1-2H3/t22-,27+/m1/s1. The molecule has 0 spiro atoms. The van der Waals surface area contributed by atoms with Crippen molar-refractivity contribution in [1.29, 1.82) is 0 Å². The highest BCUT2D eigenvalue weighted by atomic mass is 16.5. The molecule has 0 bridgehead atoms. The molecular formula is C27H30N2O3. The molecule has 1 amide bonds. The van der Waals surface area contributed by atoms with Crippen LogP contribution < -0.4 is 4.74 Å². The molecule has 5 heteroatoms. The second-order valence-corrected chi connectivity index (χ2v) is 9.03. The molecule has 0 saturated carbocycles. The molecule has 2 aliphatic rings. The second kappa shape index (κ2) is 8.12. The maximum Gasteiger partial charge on any atom is 0.223 e. The molecule has 5 nitrogen and oxygen atoms in total. The van der Waals surface area contributed by atoms with Crippen LogP contribution in [0.15, 0.2) is 48.5 Å². The van der Waals surface area contributed by atoms with E-state index < -0.39 is 5.54 Å². The van der Waals surface area contributed by atoms with Gasteiger partial charge in [0.05, 0.1) is 18.6 Å². The Morgan fingerprint density at radius 2 is 1.94 bits per heavy atom. The third kappa shape index (κ3) is 3.06. The molecule has 3 heterocycles. The molecule has 2 aliphatic heterocycles. The van der Waals surface area contributed by atoms with E-state index in [1.54, 1.807) is 7.11 Å². The lowest BCUT2D eigenvalue weighted by Crippen LogP contribution is -2.62. The van der Waals surface area contributed by atoms with Crippen molar-refractivity contribution in [3.63, 3.8) is 0 Å². The van der Waals surface area contributed by atoms with Gasteiger partial charge in [0.1, 0.15) is 5.75 Å². The van der Waals surface area contributed by atoms with Crippen LogP contribution in [0.1, 0.15) is 60.6 Å². The smallest absolute Gasteiger partial charge is 0.223 e.